The highest BCUT2D eigenvalue weighted by Gasteiger charge is 1.96. The number of nitrogens with one attached hydrogen (secondary N) is 3. The van der Waals surface area contributed by atoms with Gasteiger partial charge in [0.1, 0.15) is 5.69 Å². The Bertz CT molecular complexity index is 316. The molecular formula is C7H11N5O. The van der Waals surface area contributed by atoms with Crippen LogP contribution in [0.4, 0.5) is 4.79 Å². The number of hydrazone groups is 1. The molecule has 0 spiro atoms. The Balaban J connectivity index is 2.50. The van der Waals surface area contributed by atoms with Gasteiger partial charge in [0.05, 0.1) is 12.5 Å². The molecule has 0 aliphatic heterocycles. The van der Waals surface area contributed by atoms with E-state index in [0.717, 1.165) is 5.69 Å². The van der Waals surface area contributed by atoms with Crippen LogP contribution in [-0.4, -0.2) is 29.3 Å². The number of aromatic nitrogens is 2. The van der Waals surface area contributed by atoms with E-state index in [1.54, 1.807) is 6.33 Å². The van der Waals surface area contributed by atoms with Gasteiger partial charge in [-0.15, -0.1) is 0 Å². The Hall–Kier alpha value is -1.85. The summed E-state index contributed by atoms with van der Waals surface area (Å²) in [5.41, 5.74) is 3.87. The van der Waals surface area contributed by atoms with Crippen LogP contribution in [0, 0.1) is 6.92 Å². The minimum absolute atomic E-state index is 0.357. The molecule has 13 heavy (non-hydrogen) atoms. The predicted octanol–water partition coefficient (Wildman–Crippen LogP) is -0.0190. The Morgan fingerprint density at radius 2 is 2.54 bits per heavy atom. The largest absolute Gasteiger partial charge is 0.348 e. The van der Waals surface area contributed by atoms with Gasteiger partial charge in [-0.25, -0.2) is 15.2 Å². The van der Waals surface area contributed by atoms with E-state index in [0.29, 0.717) is 5.69 Å². The fourth-order valence-electron chi connectivity index (χ4n) is 0.708. The molecule has 1 aromatic rings. The number of H-pyrrole nitrogens is 1. The average molecular weight is 181 g/mol. The Morgan fingerprint density at radius 1 is 1.77 bits per heavy atom. The molecule has 0 saturated carbocycles. The third kappa shape index (κ3) is 2.58. The predicted molar refractivity (Wildman–Crippen MR) is 48.5 cm³/mol. The standard InChI is InChI=1S/C7H11N5O/c1-5-6(10-4-9-5)3-11-12-7(13)8-2/h3-4H,1-2H3,(H,9,10)(H2,8,12,13)/b11-3+. The zero-order valence-corrected chi connectivity index (χ0v) is 7.46. The highest BCUT2D eigenvalue weighted by molar-refractivity contribution is 5.80. The molecule has 1 rings (SSSR count). The number of hydrogen-bond acceptors (Lipinski definition) is 3. The van der Waals surface area contributed by atoms with E-state index in [-0.39, 0.29) is 6.03 Å². The molecule has 0 unspecified atom stereocenters. The SMILES string of the molecule is CNC(=O)N/N=C/c1nc[nH]c1C. The zero-order valence-electron chi connectivity index (χ0n) is 7.46. The number of urea groups is 1. The zero-order chi connectivity index (χ0) is 9.68. The molecule has 1 aromatic heterocycles. The number of carbonyl (C=O) groups excluding carboxylic acids is 1. The summed E-state index contributed by atoms with van der Waals surface area (Å²) in [7, 11) is 1.52. The van der Waals surface area contributed by atoms with Crippen LogP contribution in [0.3, 0.4) is 0 Å². The fourth-order valence-corrected chi connectivity index (χ4v) is 0.708. The number of aryl methyl sites for hydroxylation is 1. The van der Waals surface area contributed by atoms with Crippen molar-refractivity contribution in [2.45, 2.75) is 6.92 Å². The van der Waals surface area contributed by atoms with Crippen molar-refractivity contribution >= 4 is 12.2 Å². The van der Waals surface area contributed by atoms with Crippen LogP contribution in [0.2, 0.25) is 0 Å². The van der Waals surface area contributed by atoms with E-state index in [1.807, 2.05) is 6.92 Å². The van der Waals surface area contributed by atoms with Crippen LogP contribution in [0.25, 0.3) is 0 Å². The van der Waals surface area contributed by atoms with E-state index in [1.165, 1.54) is 13.3 Å². The van der Waals surface area contributed by atoms with Gasteiger partial charge in [-0.05, 0) is 6.92 Å². The topological polar surface area (TPSA) is 82.2 Å². The number of hydrogen-bond donors (Lipinski definition) is 3. The van der Waals surface area contributed by atoms with Crippen LogP contribution in [-0.2, 0) is 0 Å². The molecule has 2 amide bonds. The molecule has 6 nitrogen and oxygen atoms in total. The summed E-state index contributed by atoms with van der Waals surface area (Å²) in [5, 5.41) is 6.04. The van der Waals surface area contributed by atoms with Gasteiger partial charge < -0.3 is 10.3 Å². The summed E-state index contributed by atoms with van der Waals surface area (Å²) in [6, 6.07) is -0.357. The first kappa shape index (κ1) is 9.24. The molecule has 0 atom stereocenters. The monoisotopic (exact) mass is 181 g/mol. The molecule has 0 aromatic carbocycles. The summed E-state index contributed by atoms with van der Waals surface area (Å²) in [6.07, 6.45) is 3.04. The first-order valence-electron chi connectivity index (χ1n) is 3.75. The average Bonchev–Trinajstić information content (AvgIpc) is 2.52. The van der Waals surface area contributed by atoms with E-state index in [2.05, 4.69) is 25.8 Å². The van der Waals surface area contributed by atoms with Gasteiger partial charge in [-0.1, -0.05) is 0 Å². The van der Waals surface area contributed by atoms with Crippen LogP contribution >= 0.6 is 0 Å². The maximum absolute atomic E-state index is 10.7. The van der Waals surface area contributed by atoms with Crippen molar-refractivity contribution in [1.29, 1.82) is 0 Å². The van der Waals surface area contributed by atoms with Crippen molar-refractivity contribution in [3.63, 3.8) is 0 Å². The van der Waals surface area contributed by atoms with Crippen molar-refractivity contribution in [3.05, 3.63) is 17.7 Å². The lowest BCUT2D eigenvalue weighted by Crippen LogP contribution is -2.28. The fraction of sp³-hybridized carbons (Fsp3) is 0.286. The highest BCUT2D eigenvalue weighted by Crippen LogP contribution is 1.94. The van der Waals surface area contributed by atoms with Gasteiger partial charge in [-0.2, -0.15) is 5.10 Å². The van der Waals surface area contributed by atoms with E-state index in [9.17, 15) is 4.79 Å². The number of nitrogens with zero attached hydrogens (tertiary/aromatic N) is 2. The second-order valence-electron chi connectivity index (χ2n) is 2.36. The second-order valence-corrected chi connectivity index (χ2v) is 2.36. The van der Waals surface area contributed by atoms with Crippen LogP contribution in [0.15, 0.2) is 11.4 Å². The quantitative estimate of drug-likeness (QED) is 0.442. The minimum Gasteiger partial charge on any atom is -0.348 e. The molecule has 0 bridgehead atoms. The summed E-state index contributed by atoms with van der Waals surface area (Å²) in [4.78, 5) is 17.5. The smallest absolute Gasteiger partial charge is 0.334 e. The Kier molecular flexibility index (Phi) is 3.02. The molecule has 0 aliphatic carbocycles. The van der Waals surface area contributed by atoms with E-state index in [4.69, 9.17) is 0 Å². The number of imidazole rings is 1. The van der Waals surface area contributed by atoms with Crippen molar-refractivity contribution in [3.8, 4) is 0 Å². The van der Waals surface area contributed by atoms with Gasteiger partial charge in [0.2, 0.25) is 0 Å². The third-order valence-electron chi connectivity index (χ3n) is 1.45. The van der Waals surface area contributed by atoms with Crippen LogP contribution in [0.1, 0.15) is 11.4 Å². The normalized spacial score (nSPS) is 10.3. The molecule has 3 N–H and O–H groups in total. The van der Waals surface area contributed by atoms with Gasteiger partial charge >= 0.3 is 6.03 Å². The summed E-state index contributed by atoms with van der Waals surface area (Å²) in [6.45, 7) is 1.87. The molecule has 0 radical (unpaired) electrons. The maximum atomic E-state index is 10.7. The van der Waals surface area contributed by atoms with Gasteiger partial charge in [-0.3, -0.25) is 0 Å². The third-order valence-corrected chi connectivity index (χ3v) is 1.45. The molecular weight excluding hydrogens is 170 g/mol. The number of carbonyl (C=O) groups is 1. The lowest BCUT2D eigenvalue weighted by molar-refractivity contribution is 0.243. The summed E-state index contributed by atoms with van der Waals surface area (Å²) in [5.74, 6) is 0. The van der Waals surface area contributed by atoms with Crippen molar-refractivity contribution < 1.29 is 4.79 Å². The van der Waals surface area contributed by atoms with Gasteiger partial charge in [0.15, 0.2) is 0 Å². The molecule has 0 fully saturated rings. The minimum atomic E-state index is -0.357. The Labute approximate surface area is 75.4 Å². The van der Waals surface area contributed by atoms with E-state index < -0.39 is 0 Å². The number of aromatic amines is 1. The van der Waals surface area contributed by atoms with Crippen molar-refractivity contribution in [1.82, 2.24) is 20.7 Å². The Morgan fingerprint density at radius 3 is 3.08 bits per heavy atom. The van der Waals surface area contributed by atoms with Crippen LogP contribution in [0.5, 0.6) is 0 Å². The van der Waals surface area contributed by atoms with Gasteiger partial charge in [0.25, 0.3) is 0 Å². The summed E-state index contributed by atoms with van der Waals surface area (Å²) < 4.78 is 0. The molecule has 70 valence electrons. The second kappa shape index (κ2) is 4.24. The van der Waals surface area contributed by atoms with Crippen molar-refractivity contribution in [2.24, 2.45) is 5.10 Å². The molecule has 6 heteroatoms. The first-order chi connectivity index (χ1) is 6.24. The number of rotatable bonds is 2. The van der Waals surface area contributed by atoms with Crippen molar-refractivity contribution in [2.75, 3.05) is 7.05 Å². The van der Waals surface area contributed by atoms with E-state index >= 15 is 0 Å². The van der Waals surface area contributed by atoms with Crippen LogP contribution < -0.4 is 10.7 Å². The highest BCUT2D eigenvalue weighted by atomic mass is 16.2. The lowest BCUT2D eigenvalue weighted by atomic mass is 10.4. The van der Waals surface area contributed by atoms with Gasteiger partial charge in [0, 0.05) is 12.7 Å². The number of amides is 2. The maximum Gasteiger partial charge on any atom is 0.334 e. The summed E-state index contributed by atoms with van der Waals surface area (Å²) >= 11 is 0. The molecule has 0 aliphatic rings. The first-order valence-corrected chi connectivity index (χ1v) is 3.75. The lowest BCUT2D eigenvalue weighted by Gasteiger charge is -1.94. The molecule has 1 heterocycles. The molecule has 0 saturated heterocycles.